The number of fused-ring (bicyclic) bond motifs is 7. The number of ether oxygens (including phenoxy) is 3. The minimum Gasteiger partial charge on any atom is -0.435 e. The number of pyridine rings is 1. The number of benzene rings is 2. The molecule has 4 aromatic rings. The number of hydrogen-bond acceptors (Lipinski definition) is 9. The molecule has 48 heavy (non-hydrogen) atoms. The lowest BCUT2D eigenvalue weighted by atomic mass is 9.58. The number of aromatic amines is 1. The Morgan fingerprint density at radius 1 is 0.979 bits per heavy atom. The minimum absolute atomic E-state index is 0.0332. The van der Waals surface area contributed by atoms with Gasteiger partial charge in [0.15, 0.2) is 11.9 Å². The van der Waals surface area contributed by atoms with E-state index in [-0.39, 0.29) is 36.5 Å². The number of nitrogens with zero attached hydrogens (tertiary/aromatic N) is 1. The van der Waals surface area contributed by atoms with Crippen LogP contribution in [0.5, 0.6) is 0 Å². The Kier molecular flexibility index (Phi) is 8.06. The molecule has 254 valence electrons. The second kappa shape index (κ2) is 12.3. The van der Waals surface area contributed by atoms with E-state index in [2.05, 4.69) is 40.7 Å². The third-order valence-electron chi connectivity index (χ3n) is 11.2. The molecule has 1 aliphatic carbocycles. The molecule has 11 nitrogen and oxygen atoms in total. The molecule has 2 aromatic heterocycles. The van der Waals surface area contributed by atoms with E-state index in [9.17, 15) is 9.59 Å². The summed E-state index contributed by atoms with van der Waals surface area (Å²) in [7, 11) is 0. The molecule has 11 heteroatoms. The van der Waals surface area contributed by atoms with E-state index in [1.807, 2.05) is 44.2 Å². The Morgan fingerprint density at radius 3 is 2.67 bits per heavy atom. The summed E-state index contributed by atoms with van der Waals surface area (Å²) in [6, 6.07) is 16.3. The average Bonchev–Trinajstić information content (AvgIpc) is 3.34. The molecule has 0 unspecified atom stereocenters. The fourth-order valence-corrected chi connectivity index (χ4v) is 8.70. The maximum Gasteiger partial charge on any atom is 0.308 e. The first-order chi connectivity index (χ1) is 23.3. The zero-order valence-corrected chi connectivity index (χ0v) is 27.8. The highest BCUT2D eigenvalue weighted by molar-refractivity contribution is 6.20. The fourth-order valence-electron chi connectivity index (χ4n) is 8.70. The zero-order valence-electron chi connectivity index (χ0n) is 27.8. The van der Waals surface area contributed by atoms with Crippen molar-refractivity contribution in [1.29, 1.82) is 0 Å². The SMILES string of the molecule is C[C@H]1[C@H](OC(=O)CCC(=O)NCCCNc2nc3ccccc3c3[nH]c4ccccc4c23)O[C@@H]2O[C@@]3(C)CC[C@H]4[C@H](C)CC[C@@H]1[C@@]24OO3. The van der Waals surface area contributed by atoms with E-state index in [0.717, 1.165) is 57.8 Å². The van der Waals surface area contributed by atoms with Crippen molar-refractivity contribution in [2.75, 3.05) is 18.4 Å². The molecule has 8 atom stereocenters. The Balaban J connectivity index is 0.832. The number of anilines is 1. The molecular weight excluding hydrogens is 612 g/mol. The van der Waals surface area contributed by atoms with Crippen LogP contribution in [0.1, 0.15) is 65.7 Å². The summed E-state index contributed by atoms with van der Waals surface area (Å²) >= 11 is 0. The number of nitrogens with one attached hydrogen (secondary N) is 3. The molecule has 0 radical (unpaired) electrons. The van der Waals surface area contributed by atoms with Crippen LogP contribution in [0.2, 0.25) is 0 Å². The monoisotopic (exact) mass is 656 g/mol. The maximum atomic E-state index is 12.9. The fraction of sp³-hybridized carbons (Fsp3) is 0.541. The number of carbonyl (C=O) groups is 2. The average molecular weight is 657 g/mol. The van der Waals surface area contributed by atoms with Gasteiger partial charge in [-0.2, -0.15) is 0 Å². The summed E-state index contributed by atoms with van der Waals surface area (Å²) in [5.41, 5.74) is 2.32. The van der Waals surface area contributed by atoms with Crippen LogP contribution in [-0.4, -0.2) is 58.9 Å². The molecule has 1 saturated carbocycles. The van der Waals surface area contributed by atoms with Gasteiger partial charge in [-0.1, -0.05) is 50.2 Å². The van der Waals surface area contributed by atoms with E-state index in [1.165, 1.54) is 0 Å². The first-order valence-electron chi connectivity index (χ1n) is 17.4. The van der Waals surface area contributed by atoms with Gasteiger partial charge in [0.2, 0.25) is 18.0 Å². The third kappa shape index (κ3) is 5.31. The summed E-state index contributed by atoms with van der Waals surface area (Å²) in [4.78, 5) is 46.1. The summed E-state index contributed by atoms with van der Waals surface area (Å²) in [5, 5.41) is 9.67. The van der Waals surface area contributed by atoms with Crippen LogP contribution < -0.4 is 10.6 Å². The van der Waals surface area contributed by atoms with Crippen LogP contribution in [0.3, 0.4) is 0 Å². The van der Waals surface area contributed by atoms with Gasteiger partial charge in [-0.05, 0) is 56.6 Å². The first kappa shape index (κ1) is 31.5. The number of para-hydroxylation sites is 2. The van der Waals surface area contributed by atoms with Gasteiger partial charge >= 0.3 is 5.97 Å². The number of hydrogen-bond donors (Lipinski definition) is 3. The summed E-state index contributed by atoms with van der Waals surface area (Å²) < 4.78 is 18.5. The summed E-state index contributed by atoms with van der Waals surface area (Å²) in [5.74, 6) is -0.103. The highest BCUT2D eigenvalue weighted by Gasteiger charge is 2.69. The van der Waals surface area contributed by atoms with Crippen LogP contribution >= 0.6 is 0 Å². The van der Waals surface area contributed by atoms with Gasteiger partial charge in [-0.25, -0.2) is 14.8 Å². The van der Waals surface area contributed by atoms with Crippen LogP contribution in [0.15, 0.2) is 48.5 Å². The predicted octanol–water partition coefficient (Wildman–Crippen LogP) is 6.32. The van der Waals surface area contributed by atoms with Crippen LogP contribution in [0.4, 0.5) is 5.82 Å². The van der Waals surface area contributed by atoms with Gasteiger partial charge in [-0.15, -0.1) is 0 Å². The molecule has 6 heterocycles. The lowest BCUT2D eigenvalue weighted by Gasteiger charge is -2.59. The molecule has 1 amide bonds. The van der Waals surface area contributed by atoms with Gasteiger partial charge in [0.25, 0.3) is 0 Å². The van der Waals surface area contributed by atoms with E-state index < -0.39 is 29.9 Å². The van der Waals surface area contributed by atoms with Crippen molar-refractivity contribution in [3.63, 3.8) is 0 Å². The van der Waals surface area contributed by atoms with E-state index in [4.69, 9.17) is 29.0 Å². The number of carbonyl (C=O) groups excluding carboxylic acids is 2. The number of aromatic nitrogens is 2. The molecular formula is C37H44N4O7. The van der Waals surface area contributed by atoms with Crippen molar-refractivity contribution < 1.29 is 33.6 Å². The predicted molar refractivity (Wildman–Crippen MR) is 179 cm³/mol. The van der Waals surface area contributed by atoms with Crippen molar-refractivity contribution >= 4 is 50.4 Å². The highest BCUT2D eigenvalue weighted by Crippen LogP contribution is 2.60. The number of H-pyrrole nitrogens is 1. The van der Waals surface area contributed by atoms with Gasteiger partial charge in [-0.3, -0.25) is 9.59 Å². The van der Waals surface area contributed by atoms with Crippen molar-refractivity contribution in [2.45, 2.75) is 89.7 Å². The van der Waals surface area contributed by atoms with E-state index >= 15 is 0 Å². The minimum atomic E-state index is -0.894. The van der Waals surface area contributed by atoms with E-state index in [0.29, 0.717) is 31.8 Å². The topological polar surface area (TPSA) is 133 Å². The molecule has 1 spiro atoms. The molecule has 4 aliphatic heterocycles. The van der Waals surface area contributed by atoms with Crippen LogP contribution in [-0.2, 0) is 33.6 Å². The molecule has 5 fully saturated rings. The second-order valence-corrected chi connectivity index (χ2v) is 14.3. The molecule has 4 saturated heterocycles. The molecule has 3 N–H and O–H groups in total. The Bertz CT molecular complexity index is 1860. The van der Waals surface area contributed by atoms with Crippen molar-refractivity contribution in [3.8, 4) is 0 Å². The van der Waals surface area contributed by atoms with Gasteiger partial charge in [0.1, 0.15) is 5.82 Å². The van der Waals surface area contributed by atoms with Gasteiger partial charge in [0, 0.05) is 54.1 Å². The van der Waals surface area contributed by atoms with Crippen molar-refractivity contribution in [2.24, 2.45) is 23.7 Å². The Morgan fingerprint density at radius 2 is 1.79 bits per heavy atom. The smallest absolute Gasteiger partial charge is 0.308 e. The number of rotatable bonds is 9. The standard InChI is InChI=1S/C37H44N4O7/c1-21-13-14-26-22(2)34(45-35-37(26)25(21)17-18-36(3,46-35)47-48-37)44-30(43)16-15-29(42)38-19-8-20-39-33-31-23-9-4-6-11-27(23)40-32(31)24-10-5-7-12-28(24)41-33/h4-7,9-12,21-22,25-26,34-35,40H,8,13-20H2,1-3H3,(H,38,42)(H,39,41)/t21-,22-,25+,26+,34-,35-,36-,37-/m1/s1. The second-order valence-electron chi connectivity index (χ2n) is 14.3. The summed E-state index contributed by atoms with van der Waals surface area (Å²) in [6.07, 6.45) is 2.87. The normalized spacial score (nSPS) is 32.6. The van der Waals surface area contributed by atoms with Crippen molar-refractivity contribution in [1.82, 2.24) is 15.3 Å². The molecule has 9 rings (SSSR count). The van der Waals surface area contributed by atoms with Gasteiger partial charge < -0.3 is 29.8 Å². The maximum absolute atomic E-state index is 12.9. The first-order valence-corrected chi connectivity index (χ1v) is 17.4. The van der Waals surface area contributed by atoms with Crippen LogP contribution in [0.25, 0.3) is 32.7 Å². The summed E-state index contributed by atoms with van der Waals surface area (Å²) in [6.45, 7) is 7.27. The van der Waals surface area contributed by atoms with Crippen LogP contribution in [0, 0.1) is 23.7 Å². The van der Waals surface area contributed by atoms with E-state index in [1.54, 1.807) is 0 Å². The Labute approximate surface area is 279 Å². The molecule has 2 aromatic carbocycles. The van der Waals surface area contributed by atoms with Crippen molar-refractivity contribution in [3.05, 3.63) is 48.5 Å². The lowest BCUT2D eigenvalue weighted by Crippen LogP contribution is -2.70. The lowest BCUT2D eigenvalue weighted by molar-refractivity contribution is -0.576. The molecule has 2 bridgehead atoms. The number of esters is 1. The number of amides is 1. The third-order valence-corrected chi connectivity index (χ3v) is 11.2. The molecule has 5 aliphatic rings. The Hall–Kier alpha value is -3.77. The zero-order chi connectivity index (χ0) is 33.0. The largest absolute Gasteiger partial charge is 0.435 e. The highest BCUT2D eigenvalue weighted by atomic mass is 17.3. The quantitative estimate of drug-likeness (QED) is 0.108. The van der Waals surface area contributed by atoms with Gasteiger partial charge in [0.05, 0.1) is 22.8 Å².